The minimum absolute atomic E-state index is 0.210. The Morgan fingerprint density at radius 3 is 2.50 bits per heavy atom. The highest BCUT2D eigenvalue weighted by molar-refractivity contribution is 5.64. The molecule has 1 aromatic carbocycles. The fourth-order valence-electron chi connectivity index (χ4n) is 2.45. The van der Waals surface area contributed by atoms with Crippen molar-refractivity contribution in [2.45, 2.75) is 19.4 Å². The Labute approximate surface area is 92.6 Å². The fourth-order valence-corrected chi connectivity index (χ4v) is 2.45. The number of fused-ring (bicyclic) bond motifs is 2. The van der Waals surface area contributed by atoms with Crippen molar-refractivity contribution < 1.29 is 19.8 Å². The Balaban J connectivity index is 2.23. The van der Waals surface area contributed by atoms with Crippen molar-refractivity contribution in [1.29, 1.82) is 0 Å². The van der Waals surface area contributed by atoms with Crippen LogP contribution in [-0.4, -0.2) is 23.5 Å². The van der Waals surface area contributed by atoms with Crippen molar-refractivity contribution in [2.24, 2.45) is 0 Å². The summed E-state index contributed by atoms with van der Waals surface area (Å²) in [5.41, 5.74) is 4.79. The standard InChI is InChI=1S/C11H13NO4/c13-9-7-2-4-15-10(7)8(5-12-14)6-1-3-16-11(6)9/h12-14H,1-5H2. The molecule has 5 heteroatoms. The molecule has 1 aromatic rings. The summed E-state index contributed by atoms with van der Waals surface area (Å²) in [6.07, 6.45) is 1.44. The molecule has 2 aliphatic heterocycles. The topological polar surface area (TPSA) is 71.0 Å². The van der Waals surface area contributed by atoms with Crippen LogP contribution in [0, 0.1) is 0 Å². The van der Waals surface area contributed by atoms with Crippen LogP contribution in [0.5, 0.6) is 17.2 Å². The summed E-state index contributed by atoms with van der Waals surface area (Å²) in [5, 5.41) is 18.9. The molecule has 5 nitrogen and oxygen atoms in total. The quantitative estimate of drug-likeness (QED) is 0.645. The molecule has 0 saturated heterocycles. The molecule has 0 unspecified atom stereocenters. The first-order valence-electron chi connectivity index (χ1n) is 5.35. The second-order valence-electron chi connectivity index (χ2n) is 3.97. The first-order chi connectivity index (χ1) is 7.83. The Morgan fingerprint density at radius 1 is 1.06 bits per heavy atom. The van der Waals surface area contributed by atoms with Gasteiger partial charge in [0.1, 0.15) is 5.75 Å². The molecule has 2 heterocycles. The number of nitrogens with one attached hydrogen (secondary N) is 1. The molecule has 0 amide bonds. The van der Waals surface area contributed by atoms with Crippen LogP contribution in [0.3, 0.4) is 0 Å². The number of benzene rings is 1. The van der Waals surface area contributed by atoms with E-state index in [1.807, 2.05) is 0 Å². The van der Waals surface area contributed by atoms with Crippen LogP contribution in [-0.2, 0) is 19.4 Å². The smallest absolute Gasteiger partial charge is 0.165 e. The van der Waals surface area contributed by atoms with Gasteiger partial charge in [-0.1, -0.05) is 0 Å². The second kappa shape index (κ2) is 3.54. The monoisotopic (exact) mass is 223 g/mol. The second-order valence-corrected chi connectivity index (χ2v) is 3.97. The average Bonchev–Trinajstić information content (AvgIpc) is 2.92. The maximum absolute atomic E-state index is 10.0. The Kier molecular flexibility index (Phi) is 2.15. The van der Waals surface area contributed by atoms with Crippen molar-refractivity contribution in [3.8, 4) is 17.2 Å². The van der Waals surface area contributed by atoms with E-state index in [1.54, 1.807) is 0 Å². The third kappa shape index (κ3) is 1.19. The molecule has 3 N–H and O–H groups in total. The number of ether oxygens (including phenoxy) is 2. The fraction of sp³-hybridized carbons (Fsp3) is 0.455. The zero-order valence-corrected chi connectivity index (χ0v) is 8.75. The van der Waals surface area contributed by atoms with Gasteiger partial charge in [-0.25, -0.2) is 5.48 Å². The number of hydrogen-bond donors (Lipinski definition) is 3. The third-order valence-corrected chi connectivity index (χ3v) is 3.14. The maximum Gasteiger partial charge on any atom is 0.165 e. The molecular weight excluding hydrogens is 210 g/mol. The van der Waals surface area contributed by atoms with Gasteiger partial charge >= 0.3 is 0 Å². The van der Waals surface area contributed by atoms with Crippen LogP contribution in [0.4, 0.5) is 0 Å². The van der Waals surface area contributed by atoms with Gasteiger partial charge in [0, 0.05) is 36.1 Å². The molecule has 0 bridgehead atoms. The van der Waals surface area contributed by atoms with E-state index in [0.29, 0.717) is 37.7 Å². The molecule has 2 aliphatic rings. The highest BCUT2D eigenvalue weighted by atomic mass is 16.5. The number of aromatic hydroxyl groups is 1. The van der Waals surface area contributed by atoms with Crippen LogP contribution in [0.15, 0.2) is 0 Å². The van der Waals surface area contributed by atoms with Gasteiger partial charge in [-0.05, 0) is 0 Å². The molecule has 0 saturated carbocycles. The molecular formula is C11H13NO4. The van der Waals surface area contributed by atoms with E-state index in [0.717, 1.165) is 23.1 Å². The van der Waals surface area contributed by atoms with Crippen LogP contribution < -0.4 is 15.0 Å². The van der Waals surface area contributed by atoms with Crippen LogP contribution in [0.25, 0.3) is 0 Å². The highest BCUT2D eigenvalue weighted by Gasteiger charge is 2.30. The molecule has 0 aromatic heterocycles. The van der Waals surface area contributed by atoms with Gasteiger partial charge in [0.25, 0.3) is 0 Å². The Bertz CT molecular complexity index is 409. The number of hydrogen-bond acceptors (Lipinski definition) is 5. The van der Waals surface area contributed by atoms with Crippen molar-refractivity contribution in [3.63, 3.8) is 0 Å². The Morgan fingerprint density at radius 2 is 1.75 bits per heavy atom. The summed E-state index contributed by atoms with van der Waals surface area (Å²) in [5.74, 6) is 1.49. The summed E-state index contributed by atoms with van der Waals surface area (Å²) < 4.78 is 10.9. The SMILES string of the molecule is ONCc1c2c(c(O)c3c1OCC3)OCC2. The first-order valence-corrected chi connectivity index (χ1v) is 5.35. The molecule has 0 atom stereocenters. The predicted octanol–water partition coefficient (Wildman–Crippen LogP) is 0.741. The number of hydroxylamine groups is 1. The summed E-state index contributed by atoms with van der Waals surface area (Å²) in [7, 11) is 0. The van der Waals surface area contributed by atoms with Crippen LogP contribution in [0.1, 0.15) is 16.7 Å². The number of phenolic OH excluding ortho intramolecular Hbond substituents is 1. The van der Waals surface area contributed by atoms with Gasteiger partial charge in [0.05, 0.1) is 13.2 Å². The van der Waals surface area contributed by atoms with E-state index < -0.39 is 0 Å². The van der Waals surface area contributed by atoms with Crippen LogP contribution >= 0.6 is 0 Å². The van der Waals surface area contributed by atoms with Gasteiger partial charge in [-0.3, -0.25) is 0 Å². The normalized spacial score (nSPS) is 16.6. The Hall–Kier alpha value is -1.46. The molecule has 0 fully saturated rings. The van der Waals surface area contributed by atoms with E-state index in [9.17, 15) is 5.11 Å². The lowest BCUT2D eigenvalue weighted by Crippen LogP contribution is -2.09. The van der Waals surface area contributed by atoms with Gasteiger partial charge in [0.15, 0.2) is 11.5 Å². The summed E-state index contributed by atoms with van der Waals surface area (Å²) in [6, 6.07) is 0. The third-order valence-electron chi connectivity index (χ3n) is 3.14. The highest BCUT2D eigenvalue weighted by Crippen LogP contribution is 2.48. The van der Waals surface area contributed by atoms with Crippen molar-refractivity contribution in [3.05, 3.63) is 16.7 Å². The largest absolute Gasteiger partial charge is 0.504 e. The van der Waals surface area contributed by atoms with Gasteiger partial charge in [-0.2, -0.15) is 0 Å². The van der Waals surface area contributed by atoms with Crippen molar-refractivity contribution >= 4 is 0 Å². The van der Waals surface area contributed by atoms with E-state index >= 15 is 0 Å². The lowest BCUT2D eigenvalue weighted by molar-refractivity contribution is 0.159. The molecule has 3 rings (SSSR count). The molecule has 86 valence electrons. The average molecular weight is 223 g/mol. The zero-order chi connectivity index (χ0) is 11.1. The minimum atomic E-state index is 0.210. The molecule has 0 radical (unpaired) electrons. The van der Waals surface area contributed by atoms with E-state index in [2.05, 4.69) is 5.48 Å². The molecule has 0 aliphatic carbocycles. The maximum atomic E-state index is 10.0. The van der Waals surface area contributed by atoms with Crippen LogP contribution in [0.2, 0.25) is 0 Å². The number of rotatable bonds is 2. The van der Waals surface area contributed by atoms with E-state index in [-0.39, 0.29) is 5.75 Å². The van der Waals surface area contributed by atoms with Crippen molar-refractivity contribution in [2.75, 3.05) is 13.2 Å². The van der Waals surface area contributed by atoms with Crippen molar-refractivity contribution in [1.82, 2.24) is 5.48 Å². The lowest BCUT2D eigenvalue weighted by Gasteiger charge is -2.13. The van der Waals surface area contributed by atoms with Gasteiger partial charge in [-0.15, -0.1) is 0 Å². The van der Waals surface area contributed by atoms with Gasteiger partial charge < -0.3 is 19.8 Å². The lowest BCUT2D eigenvalue weighted by atomic mass is 9.98. The summed E-state index contributed by atoms with van der Waals surface area (Å²) in [6.45, 7) is 1.46. The first kappa shape index (κ1) is 9.74. The van der Waals surface area contributed by atoms with Gasteiger partial charge in [0.2, 0.25) is 0 Å². The predicted molar refractivity (Wildman–Crippen MR) is 55.1 cm³/mol. The summed E-state index contributed by atoms with van der Waals surface area (Å²) in [4.78, 5) is 0. The van der Waals surface area contributed by atoms with E-state index in [1.165, 1.54) is 0 Å². The summed E-state index contributed by atoms with van der Waals surface area (Å²) >= 11 is 0. The molecule has 0 spiro atoms. The number of phenols is 1. The van der Waals surface area contributed by atoms with E-state index in [4.69, 9.17) is 14.7 Å². The molecule has 16 heavy (non-hydrogen) atoms. The minimum Gasteiger partial charge on any atom is -0.504 e. The zero-order valence-electron chi connectivity index (χ0n) is 8.75.